The van der Waals surface area contributed by atoms with Gasteiger partial charge in [0, 0.05) is 5.56 Å². The molecule has 1 aromatic rings. The molecule has 3 heteroatoms. The molecule has 1 rings (SSSR count). The Hall–Kier alpha value is -1.77. The molecule has 0 aromatic heterocycles. The van der Waals surface area contributed by atoms with Gasteiger partial charge in [0.1, 0.15) is 6.29 Å². The molecule has 0 aliphatic rings. The van der Waals surface area contributed by atoms with E-state index < -0.39 is 0 Å². The van der Waals surface area contributed by atoms with Gasteiger partial charge in [0.25, 0.3) is 0 Å². The number of aldehydes is 1. The summed E-state index contributed by atoms with van der Waals surface area (Å²) in [5, 5.41) is 0. The molecule has 0 aliphatic heterocycles. The average Bonchev–Trinajstić information content (AvgIpc) is 2.26. The zero-order valence-electron chi connectivity index (χ0n) is 8.19. The van der Waals surface area contributed by atoms with Crippen molar-refractivity contribution in [1.29, 1.82) is 0 Å². The molecule has 0 atom stereocenters. The summed E-state index contributed by atoms with van der Waals surface area (Å²) >= 11 is 0. The van der Waals surface area contributed by atoms with Gasteiger partial charge in [-0.1, -0.05) is 6.08 Å². The minimum Gasteiger partial charge on any atom is -0.493 e. The number of methoxy groups -OCH3 is 1. The van der Waals surface area contributed by atoms with Gasteiger partial charge in [0.15, 0.2) is 11.5 Å². The molecular weight excluding hydrogens is 180 g/mol. The molecule has 14 heavy (non-hydrogen) atoms. The first-order valence-electron chi connectivity index (χ1n) is 4.23. The number of hydrogen-bond donors (Lipinski definition) is 0. The van der Waals surface area contributed by atoms with E-state index in [1.54, 1.807) is 30.5 Å². The first kappa shape index (κ1) is 10.3. The minimum absolute atomic E-state index is 0.549. The van der Waals surface area contributed by atoms with Crippen molar-refractivity contribution in [2.75, 3.05) is 7.11 Å². The van der Waals surface area contributed by atoms with E-state index in [0.717, 1.165) is 6.29 Å². The number of hydrogen-bond acceptors (Lipinski definition) is 3. The summed E-state index contributed by atoms with van der Waals surface area (Å²) in [6, 6.07) is 5.00. The third-order valence-electron chi connectivity index (χ3n) is 1.65. The molecule has 0 aliphatic carbocycles. The average molecular weight is 192 g/mol. The van der Waals surface area contributed by atoms with Crippen LogP contribution in [0.15, 0.2) is 30.5 Å². The quantitative estimate of drug-likeness (QED) is 0.543. The Morgan fingerprint density at radius 2 is 2.07 bits per heavy atom. The van der Waals surface area contributed by atoms with Crippen molar-refractivity contribution >= 4 is 6.29 Å². The molecular formula is C11H12O3. The highest BCUT2D eigenvalue weighted by atomic mass is 16.5. The van der Waals surface area contributed by atoms with Crippen molar-refractivity contribution in [3.8, 4) is 11.5 Å². The number of carbonyl (C=O) groups excluding carboxylic acids is 1. The molecule has 0 radical (unpaired) electrons. The standard InChI is InChI=1S/C11H12O3/c1-3-6-14-10-5-4-9(8-12)7-11(10)13-2/h3-8H,1-2H3. The van der Waals surface area contributed by atoms with Crippen LogP contribution in [0.5, 0.6) is 11.5 Å². The van der Waals surface area contributed by atoms with E-state index in [2.05, 4.69) is 0 Å². The highest BCUT2D eigenvalue weighted by molar-refractivity contribution is 5.76. The van der Waals surface area contributed by atoms with Crippen molar-refractivity contribution in [2.24, 2.45) is 0 Å². The topological polar surface area (TPSA) is 35.5 Å². The summed E-state index contributed by atoms with van der Waals surface area (Å²) in [5.74, 6) is 1.14. The number of rotatable bonds is 4. The minimum atomic E-state index is 0.549. The SMILES string of the molecule is CC=COc1ccc(C=O)cc1OC. The Morgan fingerprint density at radius 3 is 2.64 bits per heavy atom. The van der Waals surface area contributed by atoms with E-state index in [1.165, 1.54) is 7.11 Å². The summed E-state index contributed by atoms with van der Waals surface area (Å²) in [7, 11) is 1.53. The molecule has 0 saturated carbocycles. The van der Waals surface area contributed by atoms with Crippen LogP contribution in [-0.2, 0) is 0 Å². The monoisotopic (exact) mass is 192 g/mol. The van der Waals surface area contributed by atoms with Crippen LogP contribution < -0.4 is 9.47 Å². The van der Waals surface area contributed by atoms with Crippen LogP contribution in [-0.4, -0.2) is 13.4 Å². The van der Waals surface area contributed by atoms with Crippen molar-refractivity contribution < 1.29 is 14.3 Å². The lowest BCUT2D eigenvalue weighted by atomic mass is 10.2. The van der Waals surface area contributed by atoms with Gasteiger partial charge in [0.05, 0.1) is 13.4 Å². The number of ether oxygens (including phenoxy) is 2. The predicted octanol–water partition coefficient (Wildman–Crippen LogP) is 2.42. The maximum atomic E-state index is 10.5. The third kappa shape index (κ3) is 2.36. The fourth-order valence-electron chi connectivity index (χ4n) is 0.996. The van der Waals surface area contributed by atoms with Crippen molar-refractivity contribution in [2.45, 2.75) is 6.92 Å². The Kier molecular flexibility index (Phi) is 3.73. The van der Waals surface area contributed by atoms with Crippen LogP contribution in [0.4, 0.5) is 0 Å². The van der Waals surface area contributed by atoms with E-state index >= 15 is 0 Å². The molecule has 0 spiro atoms. The largest absolute Gasteiger partial charge is 0.493 e. The summed E-state index contributed by atoms with van der Waals surface area (Å²) in [5.41, 5.74) is 0.565. The lowest BCUT2D eigenvalue weighted by Crippen LogP contribution is -1.91. The first-order chi connectivity index (χ1) is 6.81. The molecule has 0 unspecified atom stereocenters. The van der Waals surface area contributed by atoms with E-state index in [4.69, 9.17) is 9.47 Å². The second-order valence-electron chi connectivity index (χ2n) is 2.62. The van der Waals surface area contributed by atoms with Crippen LogP contribution in [0.2, 0.25) is 0 Å². The van der Waals surface area contributed by atoms with Gasteiger partial charge in [-0.3, -0.25) is 4.79 Å². The van der Waals surface area contributed by atoms with E-state index in [0.29, 0.717) is 17.1 Å². The molecule has 0 fully saturated rings. The Bertz CT molecular complexity index is 342. The van der Waals surface area contributed by atoms with Crippen molar-refractivity contribution in [3.05, 3.63) is 36.1 Å². The Morgan fingerprint density at radius 1 is 1.29 bits per heavy atom. The van der Waals surface area contributed by atoms with Gasteiger partial charge in [-0.25, -0.2) is 0 Å². The van der Waals surface area contributed by atoms with Crippen LogP contribution >= 0.6 is 0 Å². The van der Waals surface area contributed by atoms with E-state index in [9.17, 15) is 4.79 Å². The zero-order chi connectivity index (χ0) is 10.4. The van der Waals surface area contributed by atoms with Gasteiger partial charge >= 0.3 is 0 Å². The van der Waals surface area contributed by atoms with Crippen LogP contribution in [0, 0.1) is 0 Å². The molecule has 0 bridgehead atoms. The van der Waals surface area contributed by atoms with Gasteiger partial charge in [-0.05, 0) is 25.1 Å². The summed E-state index contributed by atoms with van der Waals surface area (Å²) in [6.45, 7) is 1.85. The van der Waals surface area contributed by atoms with E-state index in [1.807, 2.05) is 6.92 Å². The highest BCUT2D eigenvalue weighted by Crippen LogP contribution is 2.27. The molecule has 0 amide bonds. The van der Waals surface area contributed by atoms with Crippen LogP contribution in [0.25, 0.3) is 0 Å². The molecule has 3 nitrogen and oxygen atoms in total. The number of benzene rings is 1. The predicted molar refractivity (Wildman–Crippen MR) is 53.8 cm³/mol. The van der Waals surface area contributed by atoms with Gasteiger partial charge in [-0.2, -0.15) is 0 Å². The second-order valence-corrected chi connectivity index (χ2v) is 2.62. The maximum Gasteiger partial charge on any atom is 0.168 e. The molecule has 74 valence electrons. The Balaban J connectivity index is 2.98. The zero-order valence-corrected chi connectivity index (χ0v) is 8.19. The normalized spacial score (nSPS) is 10.1. The fraction of sp³-hybridized carbons (Fsp3) is 0.182. The molecule has 1 aromatic carbocycles. The maximum absolute atomic E-state index is 10.5. The van der Waals surface area contributed by atoms with Crippen molar-refractivity contribution in [1.82, 2.24) is 0 Å². The van der Waals surface area contributed by atoms with Crippen LogP contribution in [0.1, 0.15) is 17.3 Å². The lowest BCUT2D eigenvalue weighted by molar-refractivity contribution is 0.112. The summed E-state index contributed by atoms with van der Waals surface area (Å²) in [6.07, 6.45) is 4.09. The summed E-state index contributed by atoms with van der Waals surface area (Å²) in [4.78, 5) is 10.5. The van der Waals surface area contributed by atoms with E-state index in [-0.39, 0.29) is 0 Å². The fourth-order valence-corrected chi connectivity index (χ4v) is 0.996. The molecule has 0 heterocycles. The van der Waals surface area contributed by atoms with Gasteiger partial charge < -0.3 is 9.47 Å². The van der Waals surface area contributed by atoms with Gasteiger partial charge in [0.2, 0.25) is 0 Å². The first-order valence-corrected chi connectivity index (χ1v) is 4.23. The van der Waals surface area contributed by atoms with Crippen LogP contribution in [0.3, 0.4) is 0 Å². The van der Waals surface area contributed by atoms with Gasteiger partial charge in [-0.15, -0.1) is 0 Å². The lowest BCUT2D eigenvalue weighted by Gasteiger charge is -2.07. The number of allylic oxidation sites excluding steroid dienone is 1. The summed E-state index contributed by atoms with van der Waals surface area (Å²) < 4.78 is 10.3. The molecule has 0 saturated heterocycles. The highest BCUT2D eigenvalue weighted by Gasteiger charge is 2.03. The third-order valence-corrected chi connectivity index (χ3v) is 1.65. The Labute approximate surface area is 83.0 Å². The van der Waals surface area contributed by atoms with Crippen molar-refractivity contribution in [3.63, 3.8) is 0 Å². The smallest absolute Gasteiger partial charge is 0.168 e. The number of carbonyl (C=O) groups is 1. The molecule has 0 N–H and O–H groups in total. The second kappa shape index (κ2) is 5.07.